The van der Waals surface area contributed by atoms with Crippen LogP contribution in [-0.2, 0) is 9.47 Å². The third-order valence-electron chi connectivity index (χ3n) is 5.95. The van der Waals surface area contributed by atoms with E-state index in [4.69, 9.17) is 14.5 Å². The highest BCUT2D eigenvalue weighted by Gasteiger charge is 2.60. The number of thioether (sulfide) groups is 1. The molecule has 25 heavy (non-hydrogen) atoms. The summed E-state index contributed by atoms with van der Waals surface area (Å²) in [5, 5.41) is 8.29. The van der Waals surface area contributed by atoms with Gasteiger partial charge in [0, 0.05) is 38.5 Å². The van der Waals surface area contributed by atoms with Gasteiger partial charge in [-0.25, -0.2) is 0 Å². The normalized spacial score (nSPS) is 40.2. The van der Waals surface area contributed by atoms with Gasteiger partial charge in [-0.2, -0.15) is 0 Å². The number of likely N-dealkylation sites (tertiary alicyclic amines) is 1. The average Bonchev–Trinajstić information content (AvgIpc) is 3.49. The van der Waals surface area contributed by atoms with Crippen LogP contribution in [-0.4, -0.2) is 85.4 Å². The number of hydrogen-bond acceptors (Lipinski definition) is 8. The third kappa shape index (κ3) is 2.68. The van der Waals surface area contributed by atoms with Crippen molar-refractivity contribution in [3.63, 3.8) is 0 Å². The third-order valence-corrected chi connectivity index (χ3v) is 7.21. The van der Waals surface area contributed by atoms with Gasteiger partial charge in [0.05, 0.1) is 19.3 Å². The lowest BCUT2D eigenvalue weighted by Crippen LogP contribution is -2.68. The summed E-state index contributed by atoms with van der Waals surface area (Å²) in [6.07, 6.45) is 5.07. The van der Waals surface area contributed by atoms with Gasteiger partial charge in [-0.1, -0.05) is 0 Å². The first-order chi connectivity index (χ1) is 12.4. The second-order valence-corrected chi connectivity index (χ2v) is 8.37. The predicted molar refractivity (Wildman–Crippen MR) is 98.1 cm³/mol. The molecule has 0 amide bonds. The van der Waals surface area contributed by atoms with E-state index in [1.165, 1.54) is 18.2 Å². The van der Waals surface area contributed by atoms with E-state index in [0.717, 1.165) is 70.5 Å². The van der Waals surface area contributed by atoms with E-state index in [-0.39, 0.29) is 18.0 Å². The molecule has 4 fully saturated rings. The molecule has 2 N–H and O–H groups in total. The van der Waals surface area contributed by atoms with Gasteiger partial charge in [0.1, 0.15) is 11.9 Å². The van der Waals surface area contributed by atoms with E-state index in [1.54, 1.807) is 0 Å². The lowest BCUT2D eigenvalue weighted by Gasteiger charge is -2.50. The van der Waals surface area contributed by atoms with Crippen LogP contribution in [0.1, 0.15) is 25.7 Å². The van der Waals surface area contributed by atoms with Crippen LogP contribution in [0.2, 0.25) is 0 Å². The van der Waals surface area contributed by atoms with E-state index in [0.29, 0.717) is 0 Å². The second-order valence-electron chi connectivity index (χ2n) is 7.37. The fraction of sp³-hybridized carbons (Fsp3) is 0.882. The Morgan fingerprint density at radius 3 is 2.72 bits per heavy atom. The van der Waals surface area contributed by atoms with Gasteiger partial charge in [-0.05, 0) is 25.7 Å². The van der Waals surface area contributed by atoms with Crippen molar-refractivity contribution in [2.75, 3.05) is 51.7 Å². The Hall–Kier alpha value is -0.540. The molecule has 0 aromatic heterocycles. The summed E-state index contributed by atoms with van der Waals surface area (Å²) in [4.78, 5) is 9.94. The summed E-state index contributed by atoms with van der Waals surface area (Å²) in [5.74, 6) is 2.04. The molecule has 0 aromatic carbocycles. The highest BCUT2D eigenvalue weighted by atomic mass is 32.2. The molecular weight excluding hydrogens is 338 g/mol. The fourth-order valence-corrected chi connectivity index (χ4v) is 6.35. The minimum Gasteiger partial charge on any atom is -0.374 e. The summed E-state index contributed by atoms with van der Waals surface area (Å²) in [7, 11) is 0. The highest BCUT2D eigenvalue weighted by molar-refractivity contribution is 8.02. The molecule has 4 saturated heterocycles. The molecule has 0 aromatic rings. The summed E-state index contributed by atoms with van der Waals surface area (Å²) >= 11 is 1.93. The molecule has 5 aliphatic heterocycles. The number of hydrogen-bond donors (Lipinski definition) is 2. The van der Waals surface area contributed by atoms with Gasteiger partial charge in [0.2, 0.25) is 0 Å². The molecule has 8 heteroatoms. The maximum atomic E-state index is 6.30. The average molecular weight is 367 g/mol. The molecule has 0 bridgehead atoms. The maximum Gasteiger partial charge on any atom is 0.197 e. The van der Waals surface area contributed by atoms with Crippen molar-refractivity contribution in [3.8, 4) is 0 Å². The van der Waals surface area contributed by atoms with E-state index in [9.17, 15) is 0 Å². The largest absolute Gasteiger partial charge is 0.374 e. The smallest absolute Gasteiger partial charge is 0.197 e. The van der Waals surface area contributed by atoms with Gasteiger partial charge in [-0.15, -0.1) is 11.8 Å². The minimum atomic E-state index is -0.128. The Morgan fingerprint density at radius 1 is 1.12 bits per heavy atom. The molecule has 139 valence electrons. The molecule has 0 saturated carbocycles. The van der Waals surface area contributed by atoms with Crippen molar-refractivity contribution < 1.29 is 9.47 Å². The molecule has 3 unspecified atom stereocenters. The summed E-state index contributed by atoms with van der Waals surface area (Å²) in [5.41, 5.74) is -0.128. The number of guanidine groups is 1. The van der Waals surface area contributed by atoms with E-state index in [1.807, 2.05) is 11.8 Å². The number of ether oxygens (including phenoxy) is 2. The Balaban J connectivity index is 1.54. The molecule has 0 aliphatic carbocycles. The van der Waals surface area contributed by atoms with Crippen LogP contribution in [0, 0.1) is 5.37 Å². The molecule has 0 spiro atoms. The molecule has 7 nitrogen and oxygen atoms in total. The monoisotopic (exact) mass is 366 g/mol. The molecular formula is C17H28N5O2S. The quantitative estimate of drug-likeness (QED) is 0.750. The number of rotatable bonds is 3. The first-order valence-electron chi connectivity index (χ1n) is 9.69. The number of nitrogens with zero attached hydrogens (tertiary/aromatic N) is 3. The summed E-state index contributed by atoms with van der Waals surface area (Å²) in [6.45, 7) is 6.64. The zero-order valence-electron chi connectivity index (χ0n) is 14.7. The van der Waals surface area contributed by atoms with Crippen molar-refractivity contribution in [2.24, 2.45) is 4.99 Å². The van der Waals surface area contributed by atoms with E-state index < -0.39 is 0 Å². The molecule has 5 heterocycles. The van der Waals surface area contributed by atoms with Gasteiger partial charge in [0.25, 0.3) is 0 Å². The first kappa shape index (κ1) is 16.6. The Labute approximate surface area is 153 Å². The maximum absolute atomic E-state index is 6.30. The highest BCUT2D eigenvalue weighted by Crippen LogP contribution is 2.51. The van der Waals surface area contributed by atoms with Crippen LogP contribution in [0.5, 0.6) is 0 Å². The lowest BCUT2D eigenvalue weighted by molar-refractivity contribution is -0.0873. The van der Waals surface area contributed by atoms with Crippen LogP contribution in [0.25, 0.3) is 0 Å². The van der Waals surface area contributed by atoms with Gasteiger partial charge in [-0.3, -0.25) is 20.1 Å². The molecule has 1 radical (unpaired) electrons. The van der Waals surface area contributed by atoms with Crippen molar-refractivity contribution >= 4 is 17.7 Å². The molecule has 5 rings (SSSR count). The van der Waals surface area contributed by atoms with Crippen LogP contribution >= 0.6 is 11.8 Å². The minimum absolute atomic E-state index is 0.0130. The van der Waals surface area contributed by atoms with Crippen LogP contribution in [0.3, 0.4) is 0 Å². The Morgan fingerprint density at radius 2 is 2.04 bits per heavy atom. The molecule has 3 atom stereocenters. The lowest BCUT2D eigenvalue weighted by atomic mass is 9.97. The summed E-state index contributed by atoms with van der Waals surface area (Å²) < 4.78 is 12.3. The zero-order valence-corrected chi connectivity index (χ0v) is 15.5. The van der Waals surface area contributed by atoms with E-state index >= 15 is 0 Å². The van der Waals surface area contributed by atoms with Gasteiger partial charge in [0.15, 0.2) is 11.3 Å². The van der Waals surface area contributed by atoms with Crippen molar-refractivity contribution in [2.45, 2.75) is 43.7 Å². The zero-order chi connectivity index (χ0) is 16.7. The number of aliphatic imine (C=N–C) groups is 1. The summed E-state index contributed by atoms with van der Waals surface area (Å²) in [6, 6.07) is 0. The SMILES string of the molecule is C1COC(C2(N3CCCC3)CS[C](C3NCCO3)N2C2=NCCN2)C1. The van der Waals surface area contributed by atoms with Crippen molar-refractivity contribution in [1.82, 2.24) is 20.4 Å². The predicted octanol–water partition coefficient (Wildman–Crippen LogP) is 0.401. The van der Waals surface area contributed by atoms with E-state index in [2.05, 4.69) is 20.4 Å². The topological polar surface area (TPSA) is 61.4 Å². The fourth-order valence-electron chi connectivity index (χ4n) is 4.82. The standard InChI is InChI=1S/C17H28N5O2S/c1-2-9-21(8-1)17(13-4-3-10-23-13)12-25-15(14-18-7-11-24-14)22(17)16-19-5-6-20-16/h13-14,18H,1-12H2,(H,19,20). The van der Waals surface area contributed by atoms with Crippen molar-refractivity contribution in [3.05, 3.63) is 5.37 Å². The van der Waals surface area contributed by atoms with Crippen LogP contribution < -0.4 is 10.6 Å². The molecule has 5 aliphatic rings. The first-order valence-corrected chi connectivity index (χ1v) is 10.7. The van der Waals surface area contributed by atoms with Gasteiger partial charge < -0.3 is 14.8 Å². The van der Waals surface area contributed by atoms with Crippen LogP contribution in [0.15, 0.2) is 4.99 Å². The second kappa shape index (κ2) is 6.88. The Bertz CT molecular complexity index is 499. The van der Waals surface area contributed by atoms with Gasteiger partial charge >= 0.3 is 0 Å². The van der Waals surface area contributed by atoms with Crippen molar-refractivity contribution in [1.29, 1.82) is 0 Å². The Kier molecular flexibility index (Phi) is 4.58. The number of nitrogens with one attached hydrogen (secondary N) is 2. The van der Waals surface area contributed by atoms with Crippen LogP contribution in [0.4, 0.5) is 0 Å².